The lowest BCUT2D eigenvalue weighted by atomic mass is 9.59. The number of anilines is 1. The van der Waals surface area contributed by atoms with Gasteiger partial charge < -0.3 is 29.4 Å². The van der Waals surface area contributed by atoms with Gasteiger partial charge in [-0.1, -0.05) is 31.5 Å². The molecule has 262 valence electrons. The predicted molar refractivity (Wildman–Crippen MR) is 190 cm³/mol. The Balaban J connectivity index is 1.14. The molecule has 1 saturated carbocycles. The van der Waals surface area contributed by atoms with Crippen molar-refractivity contribution >= 4 is 23.3 Å². The van der Waals surface area contributed by atoms with Crippen LogP contribution in [0.1, 0.15) is 93.5 Å². The number of nitrogens with zero attached hydrogens (tertiary/aromatic N) is 1. The van der Waals surface area contributed by atoms with Gasteiger partial charge in [-0.3, -0.25) is 4.98 Å². The summed E-state index contributed by atoms with van der Waals surface area (Å²) in [6, 6.07) is 13.8. The fourth-order valence-electron chi connectivity index (χ4n) is 9.11. The molecular weight excluding hydrogens is 640 g/mol. The van der Waals surface area contributed by atoms with Gasteiger partial charge in [-0.15, -0.1) is 0 Å². The summed E-state index contributed by atoms with van der Waals surface area (Å²) in [6.07, 6.45) is 10.4. The number of carbonyl (C=O) groups is 1. The number of fused-ring (bicyclic) bond motifs is 4. The molecule has 1 aliphatic heterocycles. The molecule has 0 radical (unpaired) electrons. The van der Waals surface area contributed by atoms with Gasteiger partial charge >= 0.3 is 5.97 Å². The number of hydrogen-bond acceptors (Lipinski definition) is 7. The summed E-state index contributed by atoms with van der Waals surface area (Å²) >= 11 is 6.28. The zero-order valence-corrected chi connectivity index (χ0v) is 29.7. The Morgan fingerprint density at radius 1 is 1.16 bits per heavy atom. The van der Waals surface area contributed by atoms with Crippen molar-refractivity contribution in [1.29, 1.82) is 0 Å². The summed E-state index contributed by atoms with van der Waals surface area (Å²) in [5.41, 5.74) is 4.53. The van der Waals surface area contributed by atoms with Crippen LogP contribution < -0.4 is 19.5 Å². The topological polar surface area (TPSA) is 99.1 Å². The van der Waals surface area contributed by atoms with Crippen LogP contribution in [0.15, 0.2) is 48.7 Å². The fraction of sp³-hybridized carbons (Fsp3) is 0.550. The quantitative estimate of drug-likeness (QED) is 0.207. The third-order valence-corrected chi connectivity index (χ3v) is 12.0. The summed E-state index contributed by atoms with van der Waals surface area (Å²) in [5, 5.41) is 14.6. The van der Waals surface area contributed by atoms with E-state index in [1.165, 1.54) is 35.2 Å². The third-order valence-electron chi connectivity index (χ3n) is 11.7. The molecule has 0 amide bonds. The van der Waals surface area contributed by atoms with E-state index in [4.69, 9.17) is 30.5 Å². The Morgan fingerprint density at radius 2 is 2.00 bits per heavy atom. The average Bonchev–Trinajstić information content (AvgIpc) is 3.37. The van der Waals surface area contributed by atoms with Gasteiger partial charge in [-0.2, -0.15) is 0 Å². The lowest BCUT2D eigenvalue weighted by Crippen LogP contribution is -2.53. The summed E-state index contributed by atoms with van der Waals surface area (Å²) < 4.78 is 24.6. The van der Waals surface area contributed by atoms with Gasteiger partial charge in [0.25, 0.3) is 0 Å². The number of nitrogens with one attached hydrogen (secondary N) is 1. The van der Waals surface area contributed by atoms with Gasteiger partial charge in [0.1, 0.15) is 24.0 Å². The average molecular weight is 689 g/mol. The van der Waals surface area contributed by atoms with E-state index in [2.05, 4.69) is 36.3 Å². The number of ether oxygens (including phenoxy) is 4. The second-order valence-electron chi connectivity index (χ2n) is 15.0. The number of pyridine rings is 1. The maximum atomic E-state index is 13.0. The Hall–Kier alpha value is -3.49. The van der Waals surface area contributed by atoms with Crippen LogP contribution in [0.3, 0.4) is 0 Å². The number of carboxylic acid groups (broad SMARTS) is 1. The lowest BCUT2D eigenvalue weighted by molar-refractivity contribution is -0.144. The number of methoxy groups -OCH3 is 1. The standard InChI is InChI=1S/C40H49ClN2O6/c1-25(23-47-34-10-16-42-33-9-4-6-26(2)37(33)34)18-28-19-27-20-36-35(48-24-31(49-36)11-17-46-3)22-32(27)39(28)12-14-40(15-13-39,38(44)45)43-30-8-5-7-29(41)21-30/h5,7-8,10,16,20-22,25-26,28,31,43H,4,6,9,11-15,17-19,23-24H2,1-3H3,(H,44,45)/t25-,26-,28?,31?,39?,40?/m1/s1. The zero-order chi connectivity index (χ0) is 34.2. The number of hydrogen-bond donors (Lipinski definition) is 2. The van der Waals surface area contributed by atoms with E-state index >= 15 is 0 Å². The Labute approximate surface area is 294 Å². The van der Waals surface area contributed by atoms with Crippen LogP contribution in [-0.2, 0) is 27.8 Å². The zero-order valence-electron chi connectivity index (χ0n) is 28.9. The van der Waals surface area contributed by atoms with Crippen molar-refractivity contribution in [2.75, 3.05) is 32.2 Å². The molecule has 0 bridgehead atoms. The largest absolute Gasteiger partial charge is 0.493 e. The molecule has 4 atom stereocenters. The number of halogens is 1. The Bertz CT molecular complexity index is 1670. The SMILES string of the molecule is COCCC1COc2cc3c(cc2O1)CC(C[C@@H](C)COc1ccnc2c1[C@H](C)CCC2)C31CCC(Nc2cccc(Cl)c2)(C(=O)O)CC1. The highest BCUT2D eigenvalue weighted by molar-refractivity contribution is 6.30. The first-order valence-corrected chi connectivity index (χ1v) is 18.4. The molecule has 1 spiro atoms. The van der Waals surface area contributed by atoms with E-state index < -0.39 is 11.5 Å². The molecule has 3 aliphatic carbocycles. The second-order valence-corrected chi connectivity index (χ2v) is 15.4. The number of rotatable bonds is 11. The molecule has 2 heterocycles. The summed E-state index contributed by atoms with van der Waals surface area (Å²) in [6.45, 7) is 6.31. The van der Waals surface area contributed by atoms with E-state index in [1.54, 1.807) is 19.2 Å². The first kappa shape index (κ1) is 34.0. The van der Waals surface area contributed by atoms with E-state index in [1.807, 2.05) is 24.4 Å². The van der Waals surface area contributed by atoms with Crippen LogP contribution in [0, 0.1) is 11.8 Å². The lowest BCUT2D eigenvalue weighted by Gasteiger charge is -2.47. The van der Waals surface area contributed by atoms with Crippen molar-refractivity contribution in [2.45, 2.75) is 101 Å². The molecule has 3 aromatic rings. The highest BCUT2D eigenvalue weighted by atomic mass is 35.5. The molecule has 0 saturated heterocycles. The highest BCUT2D eigenvalue weighted by Crippen LogP contribution is 2.58. The number of aromatic nitrogens is 1. The first-order valence-electron chi connectivity index (χ1n) is 18.0. The van der Waals surface area contributed by atoms with Crippen LogP contribution in [0.5, 0.6) is 17.2 Å². The molecule has 7 rings (SSSR count). The maximum absolute atomic E-state index is 13.0. The molecular formula is C40H49ClN2O6. The van der Waals surface area contributed by atoms with E-state index in [-0.39, 0.29) is 11.5 Å². The summed E-state index contributed by atoms with van der Waals surface area (Å²) in [4.78, 5) is 17.6. The van der Waals surface area contributed by atoms with Crippen LogP contribution in [0.4, 0.5) is 5.69 Å². The maximum Gasteiger partial charge on any atom is 0.329 e. The van der Waals surface area contributed by atoms with E-state index in [9.17, 15) is 9.90 Å². The molecule has 2 N–H and O–H groups in total. The van der Waals surface area contributed by atoms with Gasteiger partial charge in [0.15, 0.2) is 11.5 Å². The van der Waals surface area contributed by atoms with Crippen molar-refractivity contribution in [1.82, 2.24) is 4.98 Å². The van der Waals surface area contributed by atoms with Crippen LogP contribution in [0.25, 0.3) is 0 Å². The minimum absolute atomic E-state index is 0.0427. The van der Waals surface area contributed by atoms with Crippen molar-refractivity contribution in [2.24, 2.45) is 11.8 Å². The first-order chi connectivity index (χ1) is 23.7. The smallest absolute Gasteiger partial charge is 0.329 e. The Morgan fingerprint density at radius 3 is 2.78 bits per heavy atom. The van der Waals surface area contributed by atoms with Gasteiger partial charge in [-0.25, -0.2) is 4.79 Å². The summed E-state index contributed by atoms with van der Waals surface area (Å²) in [5.74, 6) is 2.83. The Kier molecular flexibility index (Phi) is 9.73. The van der Waals surface area contributed by atoms with Crippen molar-refractivity contribution in [3.8, 4) is 17.2 Å². The molecule has 4 aliphatic rings. The molecule has 2 aromatic carbocycles. The minimum atomic E-state index is -1.07. The minimum Gasteiger partial charge on any atom is -0.493 e. The molecule has 49 heavy (non-hydrogen) atoms. The van der Waals surface area contributed by atoms with E-state index in [0.717, 1.165) is 61.5 Å². The van der Waals surface area contributed by atoms with Gasteiger partial charge in [0.2, 0.25) is 0 Å². The predicted octanol–water partition coefficient (Wildman–Crippen LogP) is 8.38. The fourth-order valence-corrected chi connectivity index (χ4v) is 9.30. The van der Waals surface area contributed by atoms with Crippen LogP contribution in [0.2, 0.25) is 5.02 Å². The van der Waals surface area contributed by atoms with Crippen molar-refractivity contribution in [3.05, 3.63) is 76.1 Å². The van der Waals surface area contributed by atoms with Crippen molar-refractivity contribution in [3.63, 3.8) is 0 Å². The number of aryl methyl sites for hydroxylation is 1. The van der Waals surface area contributed by atoms with Crippen LogP contribution >= 0.6 is 11.6 Å². The number of benzene rings is 2. The van der Waals surface area contributed by atoms with Gasteiger partial charge in [0.05, 0.1) is 6.61 Å². The van der Waals surface area contributed by atoms with Gasteiger partial charge in [-0.05, 0) is 128 Å². The second kappa shape index (κ2) is 14.0. The molecule has 2 unspecified atom stereocenters. The molecule has 1 aromatic heterocycles. The summed E-state index contributed by atoms with van der Waals surface area (Å²) in [7, 11) is 1.70. The third kappa shape index (κ3) is 6.71. The van der Waals surface area contributed by atoms with Gasteiger partial charge in [0, 0.05) is 48.3 Å². The molecule has 1 fully saturated rings. The normalized spacial score (nSPS) is 27.6. The monoisotopic (exact) mass is 688 g/mol. The molecule has 8 nitrogen and oxygen atoms in total. The number of aliphatic carboxylic acids is 1. The van der Waals surface area contributed by atoms with Crippen molar-refractivity contribution < 1.29 is 28.8 Å². The van der Waals surface area contributed by atoms with E-state index in [0.29, 0.717) is 55.4 Å². The molecule has 9 heteroatoms. The van der Waals surface area contributed by atoms with Crippen LogP contribution in [-0.4, -0.2) is 54.6 Å². The number of carboxylic acids is 1. The highest BCUT2D eigenvalue weighted by Gasteiger charge is 2.54.